The molecule has 0 aliphatic heterocycles. The van der Waals surface area contributed by atoms with Crippen molar-refractivity contribution >= 4 is 17.4 Å². The Balaban J connectivity index is 1.46. The van der Waals surface area contributed by atoms with Crippen LogP contribution in [0.5, 0.6) is 0 Å². The number of carbonyl (C=O) groups is 1. The Labute approximate surface area is 286 Å². The van der Waals surface area contributed by atoms with Crippen molar-refractivity contribution in [3.8, 4) is 22.5 Å². The first-order valence-electron chi connectivity index (χ1n) is 16.6. The zero-order chi connectivity index (χ0) is 34.3. The van der Waals surface area contributed by atoms with Crippen LogP contribution in [0, 0.1) is 0 Å². The first-order chi connectivity index (χ1) is 23.2. The Morgan fingerprint density at radius 1 is 0.958 bits per heavy atom. The van der Waals surface area contributed by atoms with E-state index in [0.29, 0.717) is 56.4 Å². The van der Waals surface area contributed by atoms with Gasteiger partial charge in [0.2, 0.25) is 5.78 Å². The summed E-state index contributed by atoms with van der Waals surface area (Å²) in [6.45, 7) is 12.2. The number of aryl methyl sites for hydroxylation is 1. The number of hydrogen-bond donors (Lipinski definition) is 1. The van der Waals surface area contributed by atoms with Gasteiger partial charge in [0.05, 0.1) is 5.69 Å². The molecule has 12 heteroatoms. The highest BCUT2D eigenvalue weighted by Crippen LogP contribution is 2.32. The molecule has 0 fully saturated rings. The van der Waals surface area contributed by atoms with Crippen molar-refractivity contribution in [1.29, 1.82) is 0 Å². The van der Waals surface area contributed by atoms with Crippen LogP contribution in [-0.2, 0) is 24.2 Å². The van der Waals surface area contributed by atoms with Crippen LogP contribution in [0.15, 0.2) is 66.7 Å². The van der Waals surface area contributed by atoms with Gasteiger partial charge < -0.3 is 9.30 Å². The molecule has 3 aromatic heterocycles. The van der Waals surface area contributed by atoms with E-state index in [9.17, 15) is 10.0 Å². The molecule has 0 spiro atoms. The second-order valence-corrected chi connectivity index (χ2v) is 12.2. The molecule has 0 radical (unpaired) electrons. The van der Waals surface area contributed by atoms with Crippen LogP contribution in [0.2, 0.25) is 5.15 Å². The van der Waals surface area contributed by atoms with Crippen LogP contribution in [-0.4, -0.2) is 70.1 Å². The molecule has 0 saturated heterocycles. The number of unbranched alkanes of at least 4 members (excludes halogenated alkanes) is 1. The molecule has 0 saturated carbocycles. The lowest BCUT2D eigenvalue weighted by Crippen LogP contribution is -2.43. The minimum atomic E-state index is -0.316. The minimum Gasteiger partial charge on any atom is -0.357 e. The molecule has 0 aliphatic carbocycles. The van der Waals surface area contributed by atoms with E-state index >= 15 is 0 Å². The average molecular weight is 672 g/mol. The molecule has 5 rings (SSSR count). The van der Waals surface area contributed by atoms with Crippen LogP contribution < -0.4 is 0 Å². The standard InChI is InChI=1S/C36H44ClN8O3/c1-6-10-18-32-39-35(37)33(34(46)31-17-13-14-28(38-31)24-45(47,7-2)8-3)43(32)23-26-19-21-27(22-20-26)29-15-11-12-16-30(29)36-40-41-42-44(36)25(5)48-9-4/h11-17,19-22,25,47H,6-10,18,23-24H2,1-5H3/q+1. The number of ether oxygens (including phenoxy) is 1. The van der Waals surface area contributed by atoms with Crippen LogP contribution in [0.4, 0.5) is 0 Å². The molecule has 1 N–H and O–H groups in total. The van der Waals surface area contributed by atoms with Gasteiger partial charge in [-0.05, 0) is 73.4 Å². The maximum absolute atomic E-state index is 14.0. The number of hydroxylamine groups is 3. The summed E-state index contributed by atoms with van der Waals surface area (Å²) in [6.07, 6.45) is 2.27. The number of pyridine rings is 1. The summed E-state index contributed by atoms with van der Waals surface area (Å²) in [5.74, 6) is 1.08. The number of tetrazole rings is 1. The van der Waals surface area contributed by atoms with E-state index < -0.39 is 0 Å². The predicted molar refractivity (Wildman–Crippen MR) is 184 cm³/mol. The third-order valence-corrected chi connectivity index (χ3v) is 8.93. The highest BCUT2D eigenvalue weighted by Gasteiger charge is 2.27. The molecule has 48 heavy (non-hydrogen) atoms. The zero-order valence-electron chi connectivity index (χ0n) is 28.3. The Kier molecular flexibility index (Phi) is 11.5. The second kappa shape index (κ2) is 15.7. The molecular weight excluding hydrogens is 628 g/mol. The van der Waals surface area contributed by atoms with Gasteiger partial charge in [-0.2, -0.15) is 9.33 Å². The molecule has 1 unspecified atom stereocenters. The van der Waals surface area contributed by atoms with Gasteiger partial charge in [-0.25, -0.2) is 15.2 Å². The van der Waals surface area contributed by atoms with E-state index in [1.54, 1.807) is 16.8 Å². The van der Waals surface area contributed by atoms with Crippen LogP contribution in [0.25, 0.3) is 22.5 Å². The number of halogens is 1. The third-order valence-electron chi connectivity index (χ3n) is 8.66. The summed E-state index contributed by atoms with van der Waals surface area (Å²) in [5, 5.41) is 23.4. The van der Waals surface area contributed by atoms with Crippen LogP contribution >= 0.6 is 11.6 Å². The lowest BCUT2D eigenvalue weighted by molar-refractivity contribution is -1.11. The van der Waals surface area contributed by atoms with Gasteiger partial charge in [0.15, 0.2) is 23.8 Å². The highest BCUT2D eigenvalue weighted by atomic mass is 35.5. The number of carbonyl (C=O) groups excluding carboxylic acids is 1. The fourth-order valence-electron chi connectivity index (χ4n) is 5.77. The van der Waals surface area contributed by atoms with E-state index in [1.807, 2.05) is 62.6 Å². The number of imidazole rings is 1. The van der Waals surface area contributed by atoms with Gasteiger partial charge in [0.1, 0.15) is 30.3 Å². The predicted octanol–water partition coefficient (Wildman–Crippen LogP) is 7.17. The first-order valence-corrected chi connectivity index (χ1v) is 17.0. The van der Waals surface area contributed by atoms with Crippen molar-refractivity contribution < 1.29 is 19.4 Å². The smallest absolute Gasteiger partial charge is 0.230 e. The summed E-state index contributed by atoms with van der Waals surface area (Å²) in [5.41, 5.74) is 5.08. The number of benzene rings is 2. The van der Waals surface area contributed by atoms with Crippen molar-refractivity contribution in [2.24, 2.45) is 0 Å². The van der Waals surface area contributed by atoms with Crippen molar-refractivity contribution in [3.05, 3.63) is 100 Å². The molecule has 0 bridgehead atoms. The van der Waals surface area contributed by atoms with E-state index in [1.165, 1.54) is 0 Å². The average Bonchev–Trinajstić information content (AvgIpc) is 3.72. The van der Waals surface area contributed by atoms with Gasteiger partial charge in [-0.15, -0.1) is 5.10 Å². The Morgan fingerprint density at radius 2 is 1.69 bits per heavy atom. The second-order valence-electron chi connectivity index (χ2n) is 11.8. The summed E-state index contributed by atoms with van der Waals surface area (Å²) >= 11 is 6.71. The lowest BCUT2D eigenvalue weighted by Gasteiger charge is -2.27. The summed E-state index contributed by atoms with van der Waals surface area (Å²) in [7, 11) is 0. The van der Waals surface area contributed by atoms with Crippen molar-refractivity contribution in [2.75, 3.05) is 19.7 Å². The summed E-state index contributed by atoms with van der Waals surface area (Å²) < 4.78 is 9.21. The SMILES string of the molecule is CCCCc1nc(Cl)c(C(=O)c2cccc(C[N+](O)(CC)CC)n2)n1Cc1ccc(-c2ccccc2-c2nnnn2C(C)OCC)cc1. The van der Waals surface area contributed by atoms with Crippen LogP contribution in [0.3, 0.4) is 0 Å². The number of nitrogens with zero attached hydrogens (tertiary/aromatic N) is 8. The molecule has 3 heterocycles. The number of ketones is 1. The molecule has 5 aromatic rings. The van der Waals surface area contributed by atoms with E-state index in [0.717, 1.165) is 40.9 Å². The van der Waals surface area contributed by atoms with Crippen molar-refractivity contribution in [1.82, 2.24) is 34.7 Å². The molecule has 252 valence electrons. The van der Waals surface area contributed by atoms with E-state index in [2.05, 4.69) is 56.7 Å². The number of aromatic nitrogens is 7. The Morgan fingerprint density at radius 3 is 2.38 bits per heavy atom. The molecule has 11 nitrogen and oxygen atoms in total. The minimum absolute atomic E-state index is 0.158. The Bertz CT molecular complexity index is 1830. The topological polar surface area (TPSA) is 121 Å². The first kappa shape index (κ1) is 35.0. The highest BCUT2D eigenvalue weighted by molar-refractivity contribution is 6.33. The Hall–Kier alpha value is -4.29. The van der Waals surface area contributed by atoms with Crippen molar-refractivity contribution in [3.63, 3.8) is 0 Å². The molecule has 0 amide bonds. The van der Waals surface area contributed by atoms with Gasteiger partial charge in [0.25, 0.3) is 0 Å². The number of hydrogen-bond acceptors (Lipinski definition) is 8. The normalized spacial score (nSPS) is 12.4. The lowest BCUT2D eigenvalue weighted by atomic mass is 9.98. The number of quaternary nitrogens is 1. The summed E-state index contributed by atoms with van der Waals surface area (Å²) in [4.78, 5) is 23.3. The monoisotopic (exact) mass is 671 g/mol. The van der Waals surface area contributed by atoms with Gasteiger partial charge in [-0.1, -0.05) is 79.5 Å². The summed E-state index contributed by atoms with van der Waals surface area (Å²) in [6, 6.07) is 21.5. The molecule has 1 atom stereocenters. The van der Waals surface area contributed by atoms with Crippen LogP contribution in [0.1, 0.15) is 87.0 Å². The maximum Gasteiger partial charge on any atom is 0.230 e. The fourth-order valence-corrected chi connectivity index (χ4v) is 6.06. The quantitative estimate of drug-likeness (QED) is 0.0666. The van der Waals surface area contributed by atoms with E-state index in [-0.39, 0.29) is 27.5 Å². The van der Waals surface area contributed by atoms with Gasteiger partial charge in [-0.3, -0.25) is 4.79 Å². The fraction of sp³-hybridized carbons (Fsp3) is 0.389. The largest absolute Gasteiger partial charge is 0.357 e. The third kappa shape index (κ3) is 7.71. The number of rotatable bonds is 16. The van der Waals surface area contributed by atoms with Gasteiger partial charge >= 0.3 is 0 Å². The molecular formula is C36H44ClN8O3+. The molecule has 2 aromatic carbocycles. The molecule has 0 aliphatic rings. The van der Waals surface area contributed by atoms with Crippen molar-refractivity contribution in [2.45, 2.75) is 73.2 Å². The zero-order valence-corrected chi connectivity index (χ0v) is 29.1. The maximum atomic E-state index is 14.0. The van der Waals surface area contributed by atoms with Gasteiger partial charge in [0, 0.05) is 25.1 Å². The van der Waals surface area contributed by atoms with E-state index in [4.69, 9.17) is 16.3 Å².